The van der Waals surface area contributed by atoms with Crippen LogP contribution in [0.5, 0.6) is 0 Å². The number of aliphatic hydroxyl groups is 1. The summed E-state index contributed by atoms with van der Waals surface area (Å²) in [5, 5.41) is 15.9. The van der Waals surface area contributed by atoms with Crippen LogP contribution in [0.1, 0.15) is 22.9 Å². The number of aliphatic hydroxyl groups excluding tert-OH is 1. The third-order valence-corrected chi connectivity index (χ3v) is 3.65. The van der Waals surface area contributed by atoms with Crippen LogP contribution < -0.4 is 0 Å². The van der Waals surface area contributed by atoms with Gasteiger partial charge in [0.1, 0.15) is 6.61 Å². The molecule has 0 amide bonds. The van der Waals surface area contributed by atoms with Gasteiger partial charge in [0.2, 0.25) is 0 Å². The average molecular weight is 247 g/mol. The molecule has 4 nitrogen and oxygen atoms in total. The Morgan fingerprint density at radius 3 is 3.06 bits per heavy atom. The predicted octanol–water partition coefficient (Wildman–Crippen LogP) is 1.77. The van der Waals surface area contributed by atoms with E-state index in [1.165, 1.54) is 11.1 Å². The fraction of sp³-hybridized carbons (Fsp3) is 0.333. The SMILES string of the molecule is OCc1n[nH]c(=S)n1CC1Cc2ccccc21. The molecule has 0 spiro atoms. The molecule has 1 aromatic heterocycles. The molecule has 0 fully saturated rings. The first kappa shape index (κ1) is 10.7. The summed E-state index contributed by atoms with van der Waals surface area (Å²) >= 11 is 5.16. The Morgan fingerprint density at radius 2 is 2.29 bits per heavy atom. The highest BCUT2D eigenvalue weighted by molar-refractivity contribution is 7.71. The maximum atomic E-state index is 9.18. The van der Waals surface area contributed by atoms with Crippen molar-refractivity contribution in [1.29, 1.82) is 0 Å². The van der Waals surface area contributed by atoms with E-state index >= 15 is 0 Å². The monoisotopic (exact) mass is 247 g/mol. The second-order valence-corrected chi connectivity index (χ2v) is 4.70. The quantitative estimate of drug-likeness (QED) is 0.813. The van der Waals surface area contributed by atoms with Crippen LogP contribution in [0.2, 0.25) is 0 Å². The lowest BCUT2D eigenvalue weighted by Gasteiger charge is -2.30. The van der Waals surface area contributed by atoms with Crippen LogP contribution in [0.4, 0.5) is 0 Å². The molecule has 1 aliphatic rings. The van der Waals surface area contributed by atoms with Crippen molar-refractivity contribution in [3.8, 4) is 0 Å². The van der Waals surface area contributed by atoms with E-state index in [0.717, 1.165) is 13.0 Å². The van der Waals surface area contributed by atoms with Gasteiger partial charge in [0.25, 0.3) is 0 Å². The maximum Gasteiger partial charge on any atom is 0.195 e. The van der Waals surface area contributed by atoms with Gasteiger partial charge in [0.05, 0.1) is 0 Å². The maximum absolute atomic E-state index is 9.18. The number of nitrogens with one attached hydrogen (secondary N) is 1. The molecule has 1 unspecified atom stereocenters. The molecule has 0 radical (unpaired) electrons. The van der Waals surface area contributed by atoms with Gasteiger partial charge in [-0.05, 0) is 29.8 Å². The first-order chi connectivity index (χ1) is 8.29. The molecule has 1 atom stereocenters. The van der Waals surface area contributed by atoms with Crippen LogP contribution in [0.3, 0.4) is 0 Å². The van der Waals surface area contributed by atoms with Crippen LogP contribution in [0.15, 0.2) is 24.3 Å². The molecule has 0 bridgehead atoms. The summed E-state index contributed by atoms with van der Waals surface area (Å²) in [6, 6.07) is 8.45. The number of nitrogens with zero attached hydrogens (tertiary/aromatic N) is 2. The van der Waals surface area contributed by atoms with E-state index in [1.807, 2.05) is 4.57 Å². The number of H-pyrrole nitrogens is 1. The smallest absolute Gasteiger partial charge is 0.195 e. The molecular formula is C12H13N3OS. The zero-order valence-corrected chi connectivity index (χ0v) is 10.1. The van der Waals surface area contributed by atoms with Crippen molar-refractivity contribution in [2.24, 2.45) is 0 Å². The third kappa shape index (κ3) is 1.71. The molecule has 1 aromatic carbocycles. The Kier molecular flexibility index (Phi) is 2.57. The summed E-state index contributed by atoms with van der Waals surface area (Å²) < 4.78 is 2.47. The molecule has 1 heterocycles. The van der Waals surface area contributed by atoms with Gasteiger partial charge in [0.15, 0.2) is 10.6 Å². The summed E-state index contributed by atoms with van der Waals surface area (Å²) in [5.41, 5.74) is 2.80. The molecule has 5 heteroatoms. The fourth-order valence-electron chi connectivity index (χ4n) is 2.41. The van der Waals surface area contributed by atoms with Gasteiger partial charge >= 0.3 is 0 Å². The molecule has 0 saturated carbocycles. The molecule has 1 aliphatic carbocycles. The number of aromatic nitrogens is 3. The van der Waals surface area contributed by atoms with Crippen LogP contribution >= 0.6 is 12.2 Å². The molecular weight excluding hydrogens is 234 g/mol. The molecule has 88 valence electrons. The van der Waals surface area contributed by atoms with Gasteiger partial charge in [-0.2, -0.15) is 5.10 Å². The first-order valence-corrected chi connectivity index (χ1v) is 6.03. The lowest BCUT2D eigenvalue weighted by molar-refractivity contribution is 0.262. The van der Waals surface area contributed by atoms with E-state index < -0.39 is 0 Å². The number of aromatic amines is 1. The number of benzene rings is 1. The predicted molar refractivity (Wildman–Crippen MR) is 66.2 cm³/mol. The Balaban J connectivity index is 1.86. The summed E-state index contributed by atoms with van der Waals surface area (Å²) in [6.07, 6.45) is 1.08. The van der Waals surface area contributed by atoms with E-state index in [9.17, 15) is 5.11 Å². The Labute approximate surface area is 104 Å². The molecule has 17 heavy (non-hydrogen) atoms. The molecule has 0 saturated heterocycles. The van der Waals surface area contributed by atoms with Crippen molar-refractivity contribution in [2.75, 3.05) is 0 Å². The molecule has 0 aliphatic heterocycles. The van der Waals surface area contributed by atoms with Crippen molar-refractivity contribution in [3.05, 3.63) is 46.0 Å². The van der Waals surface area contributed by atoms with E-state index in [-0.39, 0.29) is 6.61 Å². The fourth-order valence-corrected chi connectivity index (χ4v) is 2.63. The number of fused-ring (bicyclic) bond motifs is 1. The topological polar surface area (TPSA) is 53.8 Å². The van der Waals surface area contributed by atoms with Crippen molar-refractivity contribution < 1.29 is 5.11 Å². The van der Waals surface area contributed by atoms with Gasteiger partial charge < -0.3 is 9.67 Å². The van der Waals surface area contributed by atoms with Crippen molar-refractivity contribution in [3.63, 3.8) is 0 Å². The largest absolute Gasteiger partial charge is 0.388 e. The summed E-state index contributed by atoms with van der Waals surface area (Å²) in [6.45, 7) is 0.712. The summed E-state index contributed by atoms with van der Waals surface area (Å²) in [4.78, 5) is 0. The number of hydrogen-bond acceptors (Lipinski definition) is 3. The standard InChI is InChI=1S/C12H13N3OS/c16-7-11-13-14-12(17)15(11)6-9-5-8-3-1-2-4-10(8)9/h1-4,9,16H,5-7H2,(H,14,17). The summed E-state index contributed by atoms with van der Waals surface area (Å²) in [5.74, 6) is 1.10. The Morgan fingerprint density at radius 1 is 1.47 bits per heavy atom. The second-order valence-electron chi connectivity index (χ2n) is 4.31. The van der Waals surface area contributed by atoms with Crippen molar-refractivity contribution in [2.45, 2.75) is 25.5 Å². The van der Waals surface area contributed by atoms with Crippen LogP contribution in [-0.2, 0) is 19.6 Å². The van der Waals surface area contributed by atoms with E-state index in [2.05, 4.69) is 34.5 Å². The van der Waals surface area contributed by atoms with E-state index in [1.54, 1.807) is 0 Å². The summed E-state index contributed by atoms with van der Waals surface area (Å²) in [7, 11) is 0. The zero-order valence-electron chi connectivity index (χ0n) is 9.26. The van der Waals surface area contributed by atoms with Gasteiger partial charge in [-0.1, -0.05) is 24.3 Å². The van der Waals surface area contributed by atoms with Crippen LogP contribution in [0.25, 0.3) is 0 Å². The minimum Gasteiger partial charge on any atom is -0.388 e. The Hall–Kier alpha value is -1.46. The van der Waals surface area contributed by atoms with Gasteiger partial charge in [-0.3, -0.25) is 5.10 Å². The van der Waals surface area contributed by atoms with E-state index in [4.69, 9.17) is 12.2 Å². The zero-order chi connectivity index (χ0) is 11.8. The lowest BCUT2D eigenvalue weighted by atomic mass is 9.77. The van der Waals surface area contributed by atoms with Gasteiger partial charge in [-0.15, -0.1) is 0 Å². The third-order valence-electron chi connectivity index (χ3n) is 3.34. The van der Waals surface area contributed by atoms with Gasteiger partial charge in [0, 0.05) is 12.5 Å². The van der Waals surface area contributed by atoms with Crippen molar-refractivity contribution in [1.82, 2.24) is 14.8 Å². The van der Waals surface area contributed by atoms with Crippen LogP contribution in [0, 0.1) is 4.77 Å². The highest BCUT2D eigenvalue weighted by atomic mass is 32.1. The molecule has 2 aromatic rings. The van der Waals surface area contributed by atoms with E-state index in [0.29, 0.717) is 16.5 Å². The average Bonchev–Trinajstić information content (AvgIpc) is 2.67. The normalized spacial score (nSPS) is 17.6. The highest BCUT2D eigenvalue weighted by Gasteiger charge is 2.26. The second kappa shape index (κ2) is 4.09. The highest BCUT2D eigenvalue weighted by Crippen LogP contribution is 2.36. The minimum atomic E-state index is -0.0818. The minimum absolute atomic E-state index is 0.0818. The number of rotatable bonds is 3. The van der Waals surface area contributed by atoms with Crippen LogP contribution in [-0.4, -0.2) is 19.9 Å². The van der Waals surface area contributed by atoms with Gasteiger partial charge in [-0.25, -0.2) is 0 Å². The Bertz CT molecular complexity index is 602. The van der Waals surface area contributed by atoms with Crippen molar-refractivity contribution >= 4 is 12.2 Å². The lowest BCUT2D eigenvalue weighted by Crippen LogP contribution is -2.23. The molecule has 3 rings (SSSR count). The number of hydrogen-bond donors (Lipinski definition) is 2. The molecule has 2 N–H and O–H groups in total. The first-order valence-electron chi connectivity index (χ1n) is 5.62.